The van der Waals surface area contributed by atoms with Crippen LogP contribution >= 0.6 is 0 Å². The van der Waals surface area contributed by atoms with Gasteiger partial charge in [-0.05, 0) is 43.4 Å². The summed E-state index contributed by atoms with van der Waals surface area (Å²) in [4.78, 5) is 24.7. The number of ether oxygens (including phenoxy) is 2. The monoisotopic (exact) mass is 358 g/mol. The number of hydrogen-bond donors (Lipinski definition) is 2. The van der Waals surface area contributed by atoms with Gasteiger partial charge in [0.2, 0.25) is 0 Å². The van der Waals surface area contributed by atoms with Crippen LogP contribution in [-0.2, 0) is 9.53 Å². The van der Waals surface area contributed by atoms with Gasteiger partial charge < -0.3 is 20.1 Å². The Kier molecular flexibility index (Phi) is 5.81. The van der Waals surface area contributed by atoms with Crippen molar-refractivity contribution in [2.75, 3.05) is 13.7 Å². The Morgan fingerprint density at radius 3 is 2.73 bits per heavy atom. The molecule has 1 saturated carbocycles. The van der Waals surface area contributed by atoms with Crippen LogP contribution in [0.3, 0.4) is 0 Å². The van der Waals surface area contributed by atoms with E-state index in [0.717, 1.165) is 18.4 Å². The van der Waals surface area contributed by atoms with Gasteiger partial charge in [-0.1, -0.05) is 31.4 Å². The van der Waals surface area contributed by atoms with Crippen molar-refractivity contribution in [1.82, 2.24) is 10.6 Å². The van der Waals surface area contributed by atoms with Crippen LogP contribution in [0.4, 0.5) is 4.79 Å². The zero-order valence-electron chi connectivity index (χ0n) is 15.3. The molecule has 6 nitrogen and oxygen atoms in total. The number of urea groups is 1. The van der Waals surface area contributed by atoms with Crippen LogP contribution in [0.5, 0.6) is 5.75 Å². The van der Waals surface area contributed by atoms with Gasteiger partial charge in [0.05, 0.1) is 25.3 Å². The van der Waals surface area contributed by atoms with Gasteiger partial charge >= 0.3 is 12.0 Å². The van der Waals surface area contributed by atoms with Gasteiger partial charge in [0, 0.05) is 5.70 Å². The summed E-state index contributed by atoms with van der Waals surface area (Å²) in [6.45, 7) is 2.16. The van der Waals surface area contributed by atoms with Gasteiger partial charge in [-0.2, -0.15) is 0 Å². The number of allylic oxidation sites excluding steroid dienone is 1. The molecule has 0 radical (unpaired) electrons. The molecular formula is C20H26N2O4. The molecule has 1 aliphatic carbocycles. The van der Waals surface area contributed by atoms with Crippen molar-refractivity contribution in [2.45, 2.75) is 45.1 Å². The zero-order chi connectivity index (χ0) is 18.5. The first kappa shape index (κ1) is 18.3. The molecule has 3 rings (SSSR count). The van der Waals surface area contributed by atoms with Crippen LogP contribution in [0.15, 0.2) is 35.5 Å². The smallest absolute Gasteiger partial charge is 0.338 e. The lowest BCUT2D eigenvalue weighted by atomic mass is 9.90. The minimum absolute atomic E-state index is 0.334. The Balaban J connectivity index is 1.79. The maximum Gasteiger partial charge on any atom is 0.338 e. The summed E-state index contributed by atoms with van der Waals surface area (Å²) in [5.41, 5.74) is 1.74. The van der Waals surface area contributed by atoms with E-state index < -0.39 is 6.04 Å². The molecule has 6 heteroatoms. The number of nitrogens with one attached hydrogen (secondary N) is 2. The molecule has 0 spiro atoms. The normalized spacial score (nSPS) is 21.0. The summed E-state index contributed by atoms with van der Waals surface area (Å²) in [6, 6.07) is 6.45. The van der Waals surface area contributed by atoms with E-state index in [1.54, 1.807) is 14.0 Å². The van der Waals surface area contributed by atoms with Crippen molar-refractivity contribution in [2.24, 2.45) is 5.92 Å². The summed E-state index contributed by atoms with van der Waals surface area (Å²) >= 11 is 0. The minimum atomic E-state index is -0.558. The number of esters is 1. The molecule has 1 aromatic rings. The molecule has 1 aliphatic heterocycles. The van der Waals surface area contributed by atoms with E-state index in [0.29, 0.717) is 29.5 Å². The molecule has 2 aliphatic rings. The predicted octanol–water partition coefficient (Wildman–Crippen LogP) is 3.45. The maximum absolute atomic E-state index is 12.8. The Morgan fingerprint density at radius 2 is 2.00 bits per heavy atom. The largest absolute Gasteiger partial charge is 0.497 e. The second kappa shape index (κ2) is 8.25. The fourth-order valence-electron chi connectivity index (χ4n) is 3.66. The van der Waals surface area contributed by atoms with E-state index >= 15 is 0 Å². The second-order valence-corrected chi connectivity index (χ2v) is 6.95. The Morgan fingerprint density at radius 1 is 1.23 bits per heavy atom. The molecule has 1 aromatic carbocycles. The molecule has 2 amide bonds. The van der Waals surface area contributed by atoms with Crippen molar-refractivity contribution in [1.29, 1.82) is 0 Å². The molecule has 0 saturated heterocycles. The lowest BCUT2D eigenvalue weighted by Gasteiger charge is -2.29. The van der Waals surface area contributed by atoms with Crippen LogP contribution in [0, 0.1) is 5.92 Å². The lowest BCUT2D eigenvalue weighted by Crippen LogP contribution is -2.45. The third-order valence-electron chi connectivity index (χ3n) is 5.09. The van der Waals surface area contributed by atoms with Crippen molar-refractivity contribution in [3.63, 3.8) is 0 Å². The number of amides is 2. The first-order chi connectivity index (χ1) is 12.6. The topological polar surface area (TPSA) is 76.7 Å². The van der Waals surface area contributed by atoms with Gasteiger partial charge in [-0.25, -0.2) is 9.59 Å². The lowest BCUT2D eigenvalue weighted by molar-refractivity contribution is -0.141. The van der Waals surface area contributed by atoms with E-state index in [1.807, 2.05) is 24.3 Å². The van der Waals surface area contributed by atoms with Crippen LogP contribution < -0.4 is 15.4 Å². The molecular weight excluding hydrogens is 332 g/mol. The SMILES string of the molecule is COc1cccc(C2NC(=O)NC(C)=C2C(=O)OCC2CCCCC2)c1. The number of benzene rings is 1. The van der Waals surface area contributed by atoms with Gasteiger partial charge in [-0.15, -0.1) is 0 Å². The highest BCUT2D eigenvalue weighted by molar-refractivity contribution is 5.95. The van der Waals surface area contributed by atoms with E-state index in [-0.39, 0.29) is 12.0 Å². The zero-order valence-corrected chi connectivity index (χ0v) is 15.3. The Labute approximate surface area is 153 Å². The Hall–Kier alpha value is -2.50. The Bertz CT molecular complexity index is 708. The van der Waals surface area contributed by atoms with E-state index in [1.165, 1.54) is 19.3 Å². The fourth-order valence-corrected chi connectivity index (χ4v) is 3.66. The average molecular weight is 358 g/mol. The van der Waals surface area contributed by atoms with Gasteiger partial charge in [0.1, 0.15) is 5.75 Å². The highest BCUT2D eigenvalue weighted by atomic mass is 16.5. The highest BCUT2D eigenvalue weighted by Gasteiger charge is 2.32. The van der Waals surface area contributed by atoms with Crippen molar-refractivity contribution < 1.29 is 19.1 Å². The minimum Gasteiger partial charge on any atom is -0.497 e. The fraction of sp³-hybridized carbons (Fsp3) is 0.500. The molecule has 1 atom stereocenters. The van der Waals surface area contributed by atoms with Crippen LogP contribution in [-0.4, -0.2) is 25.7 Å². The summed E-state index contributed by atoms with van der Waals surface area (Å²) < 4.78 is 10.9. The first-order valence-electron chi connectivity index (χ1n) is 9.18. The van der Waals surface area contributed by atoms with Crippen LogP contribution in [0.2, 0.25) is 0 Å². The van der Waals surface area contributed by atoms with Gasteiger partial charge in [0.25, 0.3) is 0 Å². The third kappa shape index (κ3) is 4.18. The molecule has 1 heterocycles. The second-order valence-electron chi connectivity index (χ2n) is 6.95. The number of methoxy groups -OCH3 is 1. The van der Waals surface area contributed by atoms with Crippen molar-refractivity contribution >= 4 is 12.0 Å². The molecule has 26 heavy (non-hydrogen) atoms. The molecule has 0 aromatic heterocycles. The molecule has 1 unspecified atom stereocenters. The number of hydrogen-bond acceptors (Lipinski definition) is 4. The molecule has 1 fully saturated rings. The molecule has 0 bridgehead atoms. The number of rotatable bonds is 5. The third-order valence-corrected chi connectivity index (χ3v) is 5.09. The summed E-state index contributed by atoms with van der Waals surface area (Å²) in [5.74, 6) is 0.728. The summed E-state index contributed by atoms with van der Waals surface area (Å²) in [6.07, 6.45) is 5.89. The number of carbonyl (C=O) groups excluding carboxylic acids is 2. The summed E-state index contributed by atoms with van der Waals surface area (Å²) in [5, 5.41) is 5.49. The molecule has 2 N–H and O–H groups in total. The maximum atomic E-state index is 12.8. The quantitative estimate of drug-likeness (QED) is 0.791. The molecule has 140 valence electrons. The van der Waals surface area contributed by atoms with Gasteiger partial charge in [-0.3, -0.25) is 0 Å². The average Bonchev–Trinajstić information content (AvgIpc) is 2.66. The van der Waals surface area contributed by atoms with Gasteiger partial charge in [0.15, 0.2) is 0 Å². The van der Waals surface area contributed by atoms with E-state index in [4.69, 9.17) is 9.47 Å². The van der Waals surface area contributed by atoms with Crippen LogP contribution in [0.1, 0.15) is 50.6 Å². The predicted molar refractivity (Wildman–Crippen MR) is 97.6 cm³/mol. The van der Waals surface area contributed by atoms with E-state index in [9.17, 15) is 9.59 Å². The van der Waals surface area contributed by atoms with E-state index in [2.05, 4.69) is 10.6 Å². The standard InChI is InChI=1S/C20H26N2O4/c1-13-17(19(23)26-12-14-7-4-3-5-8-14)18(22-20(24)21-13)15-9-6-10-16(11-15)25-2/h6,9-11,14,18H,3-5,7-8,12H2,1-2H3,(H2,21,22,24). The number of carbonyl (C=O) groups is 2. The highest BCUT2D eigenvalue weighted by Crippen LogP contribution is 2.30. The van der Waals surface area contributed by atoms with Crippen molar-refractivity contribution in [3.05, 3.63) is 41.1 Å². The van der Waals surface area contributed by atoms with Crippen LogP contribution in [0.25, 0.3) is 0 Å². The van der Waals surface area contributed by atoms with Crippen molar-refractivity contribution in [3.8, 4) is 5.75 Å². The first-order valence-corrected chi connectivity index (χ1v) is 9.18. The summed E-state index contributed by atoms with van der Waals surface area (Å²) in [7, 11) is 1.58.